The van der Waals surface area contributed by atoms with Crippen LogP contribution in [-0.4, -0.2) is 30.3 Å². The molecule has 0 bridgehead atoms. The first kappa shape index (κ1) is 14.9. The Morgan fingerprint density at radius 1 is 1.20 bits per heavy atom. The van der Waals surface area contributed by atoms with Crippen molar-refractivity contribution in [3.8, 4) is 0 Å². The summed E-state index contributed by atoms with van der Waals surface area (Å²) in [5.41, 5.74) is 6.25. The summed E-state index contributed by atoms with van der Waals surface area (Å²) in [5, 5.41) is 1.41. The molecule has 0 aromatic heterocycles. The van der Waals surface area contributed by atoms with Crippen LogP contribution in [0.15, 0.2) is 23.1 Å². The molecule has 2 unspecified atom stereocenters. The molecule has 1 aliphatic heterocycles. The second-order valence-corrected chi connectivity index (χ2v) is 7.37. The summed E-state index contributed by atoms with van der Waals surface area (Å²) in [6.45, 7) is 1.36. The summed E-state index contributed by atoms with van der Waals surface area (Å²) in [6, 6.07) is 5.83. The van der Waals surface area contributed by atoms with E-state index in [1.165, 1.54) is 0 Å². The van der Waals surface area contributed by atoms with Crippen LogP contribution in [0.4, 0.5) is 0 Å². The average molecular weight is 334 g/mol. The SMILES string of the molecule is NC1CCC2(CC1Sc1ccc(Cl)c(Cl)c1)OCCO2. The number of rotatable bonds is 2. The third-order valence-electron chi connectivity index (χ3n) is 3.84. The fourth-order valence-corrected chi connectivity index (χ4v) is 4.44. The quantitative estimate of drug-likeness (QED) is 0.896. The first-order valence-corrected chi connectivity index (χ1v) is 8.37. The summed E-state index contributed by atoms with van der Waals surface area (Å²) < 4.78 is 11.6. The van der Waals surface area contributed by atoms with Crippen molar-refractivity contribution in [2.45, 2.75) is 41.2 Å². The molecule has 20 heavy (non-hydrogen) atoms. The fraction of sp³-hybridized carbons (Fsp3) is 0.571. The molecule has 6 heteroatoms. The van der Waals surface area contributed by atoms with Crippen molar-refractivity contribution >= 4 is 35.0 Å². The number of thioether (sulfide) groups is 1. The molecule has 2 N–H and O–H groups in total. The van der Waals surface area contributed by atoms with Crippen LogP contribution < -0.4 is 5.73 Å². The molecule has 1 heterocycles. The minimum absolute atomic E-state index is 0.146. The molecular formula is C14H17Cl2NO2S. The van der Waals surface area contributed by atoms with Crippen molar-refractivity contribution in [1.29, 1.82) is 0 Å². The van der Waals surface area contributed by atoms with E-state index >= 15 is 0 Å². The number of halogens is 2. The van der Waals surface area contributed by atoms with Crippen LogP contribution in [-0.2, 0) is 9.47 Å². The number of benzene rings is 1. The molecule has 1 saturated heterocycles. The van der Waals surface area contributed by atoms with Gasteiger partial charge in [0.2, 0.25) is 0 Å². The summed E-state index contributed by atoms with van der Waals surface area (Å²) >= 11 is 13.7. The van der Waals surface area contributed by atoms with Gasteiger partial charge in [-0.3, -0.25) is 0 Å². The van der Waals surface area contributed by atoms with Crippen LogP contribution in [0.1, 0.15) is 19.3 Å². The highest BCUT2D eigenvalue weighted by Crippen LogP contribution is 2.42. The summed E-state index contributed by atoms with van der Waals surface area (Å²) in [7, 11) is 0. The molecule has 2 atom stereocenters. The van der Waals surface area contributed by atoms with Crippen LogP contribution in [0.2, 0.25) is 10.0 Å². The predicted molar refractivity (Wildman–Crippen MR) is 82.6 cm³/mol. The van der Waals surface area contributed by atoms with Crippen molar-refractivity contribution in [2.24, 2.45) is 5.73 Å². The lowest BCUT2D eigenvalue weighted by molar-refractivity contribution is -0.176. The highest BCUT2D eigenvalue weighted by Gasteiger charge is 2.44. The molecule has 1 aromatic carbocycles. The molecule has 0 radical (unpaired) electrons. The minimum Gasteiger partial charge on any atom is -0.347 e. The second-order valence-electron chi connectivity index (χ2n) is 5.25. The molecule has 1 spiro atoms. The van der Waals surface area contributed by atoms with Gasteiger partial charge in [-0.2, -0.15) is 0 Å². The zero-order valence-corrected chi connectivity index (χ0v) is 13.3. The van der Waals surface area contributed by atoms with Gasteiger partial charge in [0.1, 0.15) is 0 Å². The Labute approximate surface area is 133 Å². The highest BCUT2D eigenvalue weighted by atomic mass is 35.5. The molecule has 1 aromatic rings. The first-order valence-electron chi connectivity index (χ1n) is 6.73. The largest absolute Gasteiger partial charge is 0.347 e. The van der Waals surface area contributed by atoms with Gasteiger partial charge in [-0.05, 0) is 24.6 Å². The Morgan fingerprint density at radius 2 is 1.95 bits per heavy atom. The molecule has 110 valence electrons. The second kappa shape index (κ2) is 6.03. The van der Waals surface area contributed by atoms with E-state index in [9.17, 15) is 0 Å². The normalized spacial score (nSPS) is 28.9. The molecule has 3 rings (SSSR count). The molecule has 1 aliphatic carbocycles. The molecule has 3 nitrogen and oxygen atoms in total. The first-order chi connectivity index (χ1) is 9.58. The molecule has 2 fully saturated rings. The number of nitrogens with two attached hydrogens (primary N) is 1. The summed E-state index contributed by atoms with van der Waals surface area (Å²) in [5.74, 6) is -0.413. The van der Waals surface area contributed by atoms with Gasteiger partial charge in [-0.25, -0.2) is 0 Å². The Bertz CT molecular complexity index is 494. The number of ether oxygens (including phenoxy) is 2. The predicted octanol–water partition coefficient (Wildman–Crippen LogP) is 3.71. The monoisotopic (exact) mass is 333 g/mol. The lowest BCUT2D eigenvalue weighted by atomic mass is 9.90. The summed E-state index contributed by atoms with van der Waals surface area (Å²) in [6.07, 6.45) is 2.62. The van der Waals surface area contributed by atoms with E-state index < -0.39 is 5.79 Å². The Kier molecular flexibility index (Phi) is 4.51. The van der Waals surface area contributed by atoms with E-state index in [1.54, 1.807) is 11.8 Å². The minimum atomic E-state index is -0.413. The Hall–Kier alpha value is 0.0300. The van der Waals surface area contributed by atoms with Crippen molar-refractivity contribution < 1.29 is 9.47 Å². The van der Waals surface area contributed by atoms with Crippen LogP contribution >= 0.6 is 35.0 Å². The lowest BCUT2D eigenvalue weighted by Gasteiger charge is -2.39. The van der Waals surface area contributed by atoms with Gasteiger partial charge < -0.3 is 15.2 Å². The van der Waals surface area contributed by atoms with Gasteiger partial charge in [0, 0.05) is 29.0 Å². The van der Waals surface area contributed by atoms with Gasteiger partial charge in [-0.1, -0.05) is 23.2 Å². The van der Waals surface area contributed by atoms with Gasteiger partial charge in [0.05, 0.1) is 23.3 Å². The van der Waals surface area contributed by atoms with Crippen LogP contribution in [0.3, 0.4) is 0 Å². The molecule has 2 aliphatic rings. The Morgan fingerprint density at radius 3 is 2.65 bits per heavy atom. The van der Waals surface area contributed by atoms with Crippen molar-refractivity contribution in [2.75, 3.05) is 13.2 Å². The van der Waals surface area contributed by atoms with Gasteiger partial charge in [-0.15, -0.1) is 11.8 Å². The standard InChI is InChI=1S/C14H17Cl2NO2S/c15-10-2-1-9(7-11(10)16)20-13-8-14(4-3-12(13)17)18-5-6-19-14/h1-2,7,12-13H,3-6,8,17H2. The third kappa shape index (κ3) is 3.11. The van der Waals surface area contributed by atoms with Crippen molar-refractivity contribution in [3.05, 3.63) is 28.2 Å². The zero-order chi connectivity index (χ0) is 14.2. The topological polar surface area (TPSA) is 44.5 Å². The lowest BCUT2D eigenvalue weighted by Crippen LogP contribution is -2.47. The average Bonchev–Trinajstić information content (AvgIpc) is 2.87. The Balaban J connectivity index is 1.72. The van der Waals surface area contributed by atoms with Gasteiger partial charge in [0.25, 0.3) is 0 Å². The van der Waals surface area contributed by atoms with Crippen molar-refractivity contribution in [1.82, 2.24) is 0 Å². The molecule has 0 amide bonds. The van der Waals surface area contributed by atoms with E-state index in [0.29, 0.717) is 23.3 Å². The highest BCUT2D eigenvalue weighted by molar-refractivity contribution is 8.00. The van der Waals surface area contributed by atoms with Gasteiger partial charge in [0.15, 0.2) is 5.79 Å². The van der Waals surface area contributed by atoms with Gasteiger partial charge >= 0.3 is 0 Å². The third-order valence-corrected chi connectivity index (χ3v) is 5.92. The van der Waals surface area contributed by atoms with Crippen LogP contribution in [0.25, 0.3) is 0 Å². The van der Waals surface area contributed by atoms with E-state index in [0.717, 1.165) is 24.2 Å². The van der Waals surface area contributed by atoms with Crippen LogP contribution in [0, 0.1) is 0 Å². The van der Waals surface area contributed by atoms with E-state index in [-0.39, 0.29) is 11.3 Å². The van der Waals surface area contributed by atoms with E-state index in [4.69, 9.17) is 38.4 Å². The number of hydrogen-bond donors (Lipinski definition) is 1. The number of hydrogen-bond acceptors (Lipinski definition) is 4. The maximum absolute atomic E-state index is 6.25. The van der Waals surface area contributed by atoms with Crippen molar-refractivity contribution in [3.63, 3.8) is 0 Å². The maximum Gasteiger partial charge on any atom is 0.169 e. The zero-order valence-electron chi connectivity index (χ0n) is 11.0. The maximum atomic E-state index is 6.25. The molecular weight excluding hydrogens is 317 g/mol. The summed E-state index contributed by atoms with van der Waals surface area (Å²) in [4.78, 5) is 1.08. The smallest absolute Gasteiger partial charge is 0.169 e. The fourth-order valence-electron chi connectivity index (χ4n) is 2.75. The van der Waals surface area contributed by atoms with E-state index in [1.807, 2.05) is 18.2 Å². The molecule has 1 saturated carbocycles. The van der Waals surface area contributed by atoms with E-state index in [2.05, 4.69) is 0 Å². The van der Waals surface area contributed by atoms with Crippen LogP contribution in [0.5, 0.6) is 0 Å².